The van der Waals surface area contributed by atoms with Gasteiger partial charge in [-0.15, -0.1) is 0 Å². The van der Waals surface area contributed by atoms with E-state index in [4.69, 9.17) is 0 Å². The molecule has 5 rings (SSSR count). The molecule has 0 radical (unpaired) electrons. The Labute approximate surface area is 192 Å². The van der Waals surface area contributed by atoms with Gasteiger partial charge >= 0.3 is 0 Å². The molecule has 1 N–H and O–H groups in total. The van der Waals surface area contributed by atoms with Crippen molar-refractivity contribution < 1.29 is 5.11 Å². The fourth-order valence-electron chi connectivity index (χ4n) is 11.2. The van der Waals surface area contributed by atoms with Gasteiger partial charge in [0.1, 0.15) is 0 Å². The maximum Gasteiger partial charge on any atom is 0.0594 e. The number of fused-ring (bicyclic) bond motifs is 6. The predicted molar refractivity (Wildman–Crippen MR) is 131 cm³/mol. The molecule has 0 aromatic carbocycles. The maximum atomic E-state index is 10.9. The molecule has 5 aliphatic rings. The molecule has 1 heteroatoms. The van der Waals surface area contributed by atoms with Crippen molar-refractivity contribution in [2.75, 3.05) is 0 Å². The van der Waals surface area contributed by atoms with E-state index in [1.807, 2.05) is 11.1 Å². The standard InChI is InChI=1S/C30H50O/c1-19(2)20-9-12-24-28(20,6)17-18-29(7)22-10-11-23-26(3,4)25(31)14-15-27(23,5)21(22)13-16-30(24,29)8/h19-20,23-25,31H,9-18H2,1-8H3/t20-,23-,24-,25+,27-,28-,29-,30+/m1/s1. The molecular weight excluding hydrogens is 376 g/mol. The van der Waals surface area contributed by atoms with E-state index in [1.54, 1.807) is 0 Å². The Morgan fingerprint density at radius 1 is 0.742 bits per heavy atom. The Balaban J connectivity index is 1.57. The van der Waals surface area contributed by atoms with E-state index >= 15 is 0 Å². The minimum absolute atomic E-state index is 0.0499. The zero-order chi connectivity index (χ0) is 22.6. The van der Waals surface area contributed by atoms with Crippen LogP contribution in [-0.2, 0) is 0 Å². The first-order chi connectivity index (χ1) is 14.3. The van der Waals surface area contributed by atoms with Crippen molar-refractivity contribution in [2.24, 2.45) is 50.7 Å². The van der Waals surface area contributed by atoms with Gasteiger partial charge in [-0.2, -0.15) is 0 Å². The average molecular weight is 427 g/mol. The minimum atomic E-state index is -0.126. The summed E-state index contributed by atoms with van der Waals surface area (Å²) in [6, 6.07) is 0. The van der Waals surface area contributed by atoms with E-state index in [2.05, 4.69) is 55.4 Å². The summed E-state index contributed by atoms with van der Waals surface area (Å²) in [6.07, 6.45) is 13.2. The Bertz CT molecular complexity index is 790. The monoisotopic (exact) mass is 426 g/mol. The highest BCUT2D eigenvalue weighted by molar-refractivity contribution is 5.39. The molecule has 5 aliphatic carbocycles. The van der Waals surface area contributed by atoms with Crippen LogP contribution in [0, 0.1) is 50.7 Å². The Hall–Kier alpha value is -0.300. The lowest BCUT2D eigenvalue weighted by Crippen LogP contribution is -2.59. The van der Waals surface area contributed by atoms with Crippen molar-refractivity contribution in [3.05, 3.63) is 11.1 Å². The molecule has 0 heterocycles. The quantitative estimate of drug-likeness (QED) is 0.419. The van der Waals surface area contributed by atoms with Gasteiger partial charge in [-0.1, -0.05) is 66.5 Å². The second-order valence-corrected chi connectivity index (χ2v) is 14.6. The van der Waals surface area contributed by atoms with Crippen LogP contribution in [0.25, 0.3) is 0 Å². The van der Waals surface area contributed by atoms with Gasteiger partial charge in [-0.3, -0.25) is 0 Å². The number of aliphatic hydroxyl groups excluding tert-OH is 1. The van der Waals surface area contributed by atoms with Gasteiger partial charge < -0.3 is 5.11 Å². The van der Waals surface area contributed by atoms with Crippen LogP contribution in [0.15, 0.2) is 11.1 Å². The molecule has 31 heavy (non-hydrogen) atoms. The molecule has 1 nitrogen and oxygen atoms in total. The molecule has 0 aliphatic heterocycles. The lowest BCUT2D eigenvalue weighted by molar-refractivity contribution is -0.127. The summed E-state index contributed by atoms with van der Waals surface area (Å²) in [5.41, 5.74) is 5.55. The Morgan fingerprint density at radius 3 is 2.13 bits per heavy atom. The largest absolute Gasteiger partial charge is 0.393 e. The predicted octanol–water partition coefficient (Wildman–Crippen LogP) is 8.17. The highest BCUT2D eigenvalue weighted by atomic mass is 16.3. The van der Waals surface area contributed by atoms with Gasteiger partial charge in [0.2, 0.25) is 0 Å². The van der Waals surface area contributed by atoms with Crippen molar-refractivity contribution in [3.8, 4) is 0 Å². The lowest BCUT2D eigenvalue weighted by atomic mass is 9.37. The van der Waals surface area contributed by atoms with Crippen LogP contribution in [0.3, 0.4) is 0 Å². The first-order valence-corrected chi connectivity index (χ1v) is 13.7. The van der Waals surface area contributed by atoms with E-state index in [0.717, 1.165) is 24.2 Å². The SMILES string of the molecule is CC(C)[C@H]1CC[C@@H]2[C@]1(C)CC[C@]1(C)C3=C(CC[C@@]21C)[C@@]1(C)CC[C@H](O)C(C)(C)[C@H]1CC3. The lowest BCUT2D eigenvalue weighted by Gasteiger charge is -2.67. The highest BCUT2D eigenvalue weighted by Crippen LogP contribution is 2.75. The fourth-order valence-corrected chi connectivity index (χ4v) is 11.2. The zero-order valence-electron chi connectivity index (χ0n) is 21.9. The molecular formula is C30H50O. The third-order valence-electron chi connectivity index (χ3n) is 13.2. The molecule has 176 valence electrons. The van der Waals surface area contributed by atoms with Crippen molar-refractivity contribution in [1.29, 1.82) is 0 Å². The Kier molecular flexibility index (Phi) is 4.82. The number of aliphatic hydroxyl groups is 1. The Morgan fingerprint density at radius 2 is 1.45 bits per heavy atom. The van der Waals surface area contributed by atoms with Gasteiger partial charge in [0.25, 0.3) is 0 Å². The normalized spacial score (nSPS) is 53.6. The van der Waals surface area contributed by atoms with E-state index in [-0.39, 0.29) is 11.5 Å². The van der Waals surface area contributed by atoms with Crippen LogP contribution in [0.2, 0.25) is 0 Å². The molecule has 0 bridgehead atoms. The van der Waals surface area contributed by atoms with Gasteiger partial charge in [0.05, 0.1) is 6.10 Å². The molecule has 0 spiro atoms. The van der Waals surface area contributed by atoms with Gasteiger partial charge in [0.15, 0.2) is 0 Å². The van der Waals surface area contributed by atoms with E-state index in [9.17, 15) is 5.11 Å². The number of hydrogen-bond acceptors (Lipinski definition) is 1. The average Bonchev–Trinajstić information content (AvgIpc) is 3.05. The zero-order valence-corrected chi connectivity index (χ0v) is 21.9. The molecule has 0 aromatic heterocycles. The molecule has 3 fully saturated rings. The summed E-state index contributed by atoms with van der Waals surface area (Å²) in [7, 11) is 0. The summed E-state index contributed by atoms with van der Waals surface area (Å²) >= 11 is 0. The van der Waals surface area contributed by atoms with Crippen LogP contribution in [0.5, 0.6) is 0 Å². The van der Waals surface area contributed by atoms with Crippen LogP contribution in [0.4, 0.5) is 0 Å². The second kappa shape index (κ2) is 6.64. The van der Waals surface area contributed by atoms with Crippen molar-refractivity contribution in [2.45, 2.75) is 126 Å². The van der Waals surface area contributed by atoms with E-state index in [1.165, 1.54) is 57.8 Å². The molecule has 0 saturated heterocycles. The van der Waals surface area contributed by atoms with Crippen LogP contribution in [-0.4, -0.2) is 11.2 Å². The van der Waals surface area contributed by atoms with Gasteiger partial charge in [-0.05, 0) is 115 Å². The van der Waals surface area contributed by atoms with Gasteiger partial charge in [0, 0.05) is 0 Å². The minimum Gasteiger partial charge on any atom is -0.393 e. The molecule has 0 unspecified atom stereocenters. The first-order valence-electron chi connectivity index (χ1n) is 13.7. The molecule has 0 aromatic rings. The van der Waals surface area contributed by atoms with E-state index < -0.39 is 0 Å². The number of hydrogen-bond donors (Lipinski definition) is 1. The summed E-state index contributed by atoms with van der Waals surface area (Å²) in [4.78, 5) is 0. The van der Waals surface area contributed by atoms with Gasteiger partial charge in [-0.25, -0.2) is 0 Å². The summed E-state index contributed by atoms with van der Waals surface area (Å²) in [5.74, 6) is 3.28. The van der Waals surface area contributed by atoms with Crippen molar-refractivity contribution >= 4 is 0 Å². The molecule has 3 saturated carbocycles. The van der Waals surface area contributed by atoms with Crippen molar-refractivity contribution in [3.63, 3.8) is 0 Å². The van der Waals surface area contributed by atoms with Crippen LogP contribution < -0.4 is 0 Å². The molecule has 0 amide bonds. The number of rotatable bonds is 1. The summed E-state index contributed by atoms with van der Waals surface area (Å²) < 4.78 is 0. The summed E-state index contributed by atoms with van der Waals surface area (Å²) in [6.45, 7) is 20.4. The third kappa shape index (κ3) is 2.60. The fraction of sp³-hybridized carbons (Fsp3) is 0.933. The number of allylic oxidation sites excluding steroid dienone is 2. The first kappa shape index (κ1) is 22.5. The van der Waals surface area contributed by atoms with Crippen LogP contribution in [0.1, 0.15) is 120 Å². The molecule has 8 atom stereocenters. The third-order valence-corrected chi connectivity index (χ3v) is 13.2. The van der Waals surface area contributed by atoms with Crippen LogP contribution >= 0.6 is 0 Å². The summed E-state index contributed by atoms with van der Waals surface area (Å²) in [5, 5.41) is 10.9. The van der Waals surface area contributed by atoms with E-state index in [0.29, 0.717) is 27.6 Å². The maximum absolute atomic E-state index is 10.9. The second-order valence-electron chi connectivity index (χ2n) is 14.6. The highest BCUT2D eigenvalue weighted by Gasteiger charge is 2.67. The smallest absolute Gasteiger partial charge is 0.0594 e. The topological polar surface area (TPSA) is 20.2 Å². The van der Waals surface area contributed by atoms with Crippen molar-refractivity contribution in [1.82, 2.24) is 0 Å².